The monoisotopic (exact) mass is 293 g/mol. The number of hydrogen-bond donors (Lipinski definition) is 0. The zero-order chi connectivity index (χ0) is 13.9. The fourth-order valence-electron chi connectivity index (χ4n) is 3.66. The number of piperazine rings is 1. The van der Waals surface area contributed by atoms with Crippen molar-refractivity contribution in [1.82, 2.24) is 14.8 Å². The van der Waals surface area contributed by atoms with Crippen LogP contribution in [0.2, 0.25) is 0 Å². The molecule has 1 aromatic heterocycles. The summed E-state index contributed by atoms with van der Waals surface area (Å²) < 4.78 is 0. The molecule has 2 aliphatic rings. The lowest BCUT2D eigenvalue weighted by Gasteiger charge is -2.40. The second-order valence-electron chi connectivity index (χ2n) is 6.35. The molecule has 0 spiro atoms. The van der Waals surface area contributed by atoms with Gasteiger partial charge in [-0.05, 0) is 26.7 Å². The lowest BCUT2D eigenvalue weighted by atomic mass is 9.94. The first-order valence-corrected chi connectivity index (χ1v) is 8.93. The van der Waals surface area contributed by atoms with Crippen molar-refractivity contribution < 1.29 is 0 Å². The van der Waals surface area contributed by atoms with Gasteiger partial charge in [-0.1, -0.05) is 19.3 Å². The van der Waals surface area contributed by atoms with Crippen LogP contribution in [0.5, 0.6) is 0 Å². The van der Waals surface area contributed by atoms with Gasteiger partial charge in [-0.15, -0.1) is 11.3 Å². The first-order valence-electron chi connectivity index (χ1n) is 8.11. The van der Waals surface area contributed by atoms with Crippen molar-refractivity contribution in [3.63, 3.8) is 0 Å². The fourth-order valence-corrected chi connectivity index (χ4v) is 4.64. The van der Waals surface area contributed by atoms with E-state index in [0.717, 1.165) is 12.6 Å². The third-order valence-electron chi connectivity index (χ3n) is 4.86. The van der Waals surface area contributed by atoms with Gasteiger partial charge >= 0.3 is 0 Å². The Bertz CT molecular complexity index is 429. The van der Waals surface area contributed by atoms with Crippen LogP contribution in [-0.4, -0.2) is 47.0 Å². The van der Waals surface area contributed by atoms with Crippen LogP contribution < -0.4 is 0 Å². The molecule has 0 atom stereocenters. The highest BCUT2D eigenvalue weighted by atomic mass is 32.1. The summed E-state index contributed by atoms with van der Waals surface area (Å²) in [6.45, 7) is 10.4. The third-order valence-corrected chi connectivity index (χ3v) is 5.92. The van der Waals surface area contributed by atoms with E-state index in [1.165, 1.54) is 73.9 Å². The van der Waals surface area contributed by atoms with Gasteiger partial charge in [-0.3, -0.25) is 9.80 Å². The largest absolute Gasteiger partial charge is 0.298 e. The van der Waals surface area contributed by atoms with Crippen LogP contribution in [0.25, 0.3) is 0 Å². The molecule has 3 rings (SSSR count). The Balaban J connectivity index is 1.49. The van der Waals surface area contributed by atoms with E-state index in [2.05, 4.69) is 28.6 Å². The van der Waals surface area contributed by atoms with Gasteiger partial charge in [0.2, 0.25) is 0 Å². The van der Waals surface area contributed by atoms with Crippen LogP contribution in [0.3, 0.4) is 0 Å². The van der Waals surface area contributed by atoms with Crippen molar-refractivity contribution >= 4 is 11.3 Å². The maximum absolute atomic E-state index is 4.55. The van der Waals surface area contributed by atoms with Crippen LogP contribution >= 0.6 is 11.3 Å². The topological polar surface area (TPSA) is 19.4 Å². The SMILES string of the molecule is Cc1nc(C)c(CN2CCN(C3CCCCC3)CC2)s1. The van der Waals surface area contributed by atoms with Crippen LogP contribution in [0.15, 0.2) is 0 Å². The molecule has 1 aliphatic carbocycles. The lowest BCUT2D eigenvalue weighted by molar-refractivity contribution is 0.0759. The summed E-state index contributed by atoms with van der Waals surface area (Å²) >= 11 is 1.87. The molecular weight excluding hydrogens is 266 g/mol. The average Bonchev–Trinajstić information content (AvgIpc) is 2.79. The highest BCUT2D eigenvalue weighted by Gasteiger charge is 2.25. The second-order valence-corrected chi connectivity index (χ2v) is 7.63. The number of rotatable bonds is 3. The summed E-state index contributed by atoms with van der Waals surface area (Å²) in [5, 5.41) is 1.21. The minimum absolute atomic E-state index is 0.887. The average molecular weight is 293 g/mol. The van der Waals surface area contributed by atoms with Crippen LogP contribution in [0, 0.1) is 13.8 Å². The summed E-state index contributed by atoms with van der Waals surface area (Å²) in [4.78, 5) is 11.4. The van der Waals surface area contributed by atoms with Gasteiger partial charge in [-0.25, -0.2) is 4.98 Å². The summed E-state index contributed by atoms with van der Waals surface area (Å²) in [6, 6.07) is 0.887. The maximum atomic E-state index is 4.55. The molecule has 1 saturated carbocycles. The van der Waals surface area contributed by atoms with E-state index in [4.69, 9.17) is 0 Å². The van der Waals surface area contributed by atoms with E-state index in [0.29, 0.717) is 0 Å². The zero-order valence-electron chi connectivity index (χ0n) is 12.9. The van der Waals surface area contributed by atoms with Gasteiger partial charge in [-0.2, -0.15) is 0 Å². The number of hydrogen-bond acceptors (Lipinski definition) is 4. The second kappa shape index (κ2) is 6.54. The highest BCUT2D eigenvalue weighted by molar-refractivity contribution is 7.11. The molecule has 1 aromatic rings. The van der Waals surface area contributed by atoms with Crippen molar-refractivity contribution in [1.29, 1.82) is 0 Å². The van der Waals surface area contributed by atoms with Gasteiger partial charge < -0.3 is 0 Å². The zero-order valence-corrected chi connectivity index (χ0v) is 13.7. The molecule has 0 radical (unpaired) electrons. The van der Waals surface area contributed by atoms with Crippen LogP contribution in [0.1, 0.15) is 47.7 Å². The van der Waals surface area contributed by atoms with Gasteiger partial charge in [0.25, 0.3) is 0 Å². The minimum atomic E-state index is 0.887. The Morgan fingerprint density at radius 2 is 1.75 bits per heavy atom. The van der Waals surface area contributed by atoms with E-state index in [1.807, 2.05) is 11.3 Å². The Kier molecular flexibility index (Phi) is 4.74. The van der Waals surface area contributed by atoms with Crippen molar-refractivity contribution in [2.45, 2.75) is 58.5 Å². The van der Waals surface area contributed by atoms with Crippen molar-refractivity contribution in [3.05, 3.63) is 15.6 Å². The van der Waals surface area contributed by atoms with Crippen molar-refractivity contribution in [2.24, 2.45) is 0 Å². The standard InChI is InChI=1S/C16H27N3S/c1-13-16(20-14(2)17-13)12-18-8-10-19(11-9-18)15-6-4-3-5-7-15/h15H,3-12H2,1-2H3. The van der Waals surface area contributed by atoms with E-state index in [9.17, 15) is 0 Å². The number of aromatic nitrogens is 1. The number of thiazole rings is 1. The molecule has 1 saturated heterocycles. The third kappa shape index (κ3) is 3.41. The van der Waals surface area contributed by atoms with E-state index in [-0.39, 0.29) is 0 Å². The predicted octanol–water partition coefficient (Wildman–Crippen LogP) is 3.21. The normalized spacial score (nSPS) is 23.3. The molecule has 112 valence electrons. The van der Waals surface area contributed by atoms with Gasteiger partial charge in [0.1, 0.15) is 0 Å². The fraction of sp³-hybridized carbons (Fsp3) is 0.812. The summed E-state index contributed by atoms with van der Waals surface area (Å²) in [5.74, 6) is 0. The molecule has 3 nitrogen and oxygen atoms in total. The van der Waals surface area contributed by atoms with Gasteiger partial charge in [0, 0.05) is 43.6 Å². The Morgan fingerprint density at radius 1 is 1.05 bits per heavy atom. The molecule has 0 N–H and O–H groups in total. The number of nitrogens with zero attached hydrogens (tertiary/aromatic N) is 3. The highest BCUT2D eigenvalue weighted by Crippen LogP contribution is 2.24. The lowest BCUT2D eigenvalue weighted by Crippen LogP contribution is -2.50. The van der Waals surface area contributed by atoms with Crippen molar-refractivity contribution in [2.75, 3.05) is 26.2 Å². The first-order chi connectivity index (χ1) is 9.72. The molecular formula is C16H27N3S. The molecule has 0 amide bonds. The molecule has 0 bridgehead atoms. The molecule has 2 heterocycles. The molecule has 4 heteroatoms. The smallest absolute Gasteiger partial charge is 0.0900 e. The quantitative estimate of drug-likeness (QED) is 0.853. The molecule has 0 aromatic carbocycles. The Labute approximate surface area is 127 Å². The van der Waals surface area contributed by atoms with E-state index >= 15 is 0 Å². The first kappa shape index (κ1) is 14.5. The summed E-state index contributed by atoms with van der Waals surface area (Å²) in [7, 11) is 0. The predicted molar refractivity (Wildman–Crippen MR) is 85.3 cm³/mol. The molecule has 2 fully saturated rings. The van der Waals surface area contributed by atoms with E-state index in [1.54, 1.807) is 0 Å². The van der Waals surface area contributed by atoms with E-state index < -0.39 is 0 Å². The molecule has 0 unspecified atom stereocenters. The molecule has 20 heavy (non-hydrogen) atoms. The number of aryl methyl sites for hydroxylation is 2. The van der Waals surface area contributed by atoms with Crippen LogP contribution in [-0.2, 0) is 6.54 Å². The molecule has 1 aliphatic heterocycles. The summed E-state index contributed by atoms with van der Waals surface area (Å²) in [5.41, 5.74) is 1.24. The Hall–Kier alpha value is -0.450. The van der Waals surface area contributed by atoms with Gasteiger partial charge in [0.05, 0.1) is 10.7 Å². The van der Waals surface area contributed by atoms with Crippen molar-refractivity contribution in [3.8, 4) is 0 Å². The van der Waals surface area contributed by atoms with Crippen LogP contribution in [0.4, 0.5) is 0 Å². The maximum Gasteiger partial charge on any atom is 0.0900 e. The Morgan fingerprint density at radius 3 is 2.35 bits per heavy atom. The van der Waals surface area contributed by atoms with Gasteiger partial charge in [0.15, 0.2) is 0 Å². The summed E-state index contributed by atoms with van der Waals surface area (Å²) in [6.07, 6.45) is 7.23. The minimum Gasteiger partial charge on any atom is -0.298 e.